The number of aliphatic hydroxyl groups excluding tert-OH is 11. The van der Waals surface area contributed by atoms with Crippen LogP contribution in [0.3, 0.4) is 0 Å². The number of aliphatic hydroxyl groups is 11. The standard InChI is InChI=1S/C41H70N2O25/c1-17-27(52)30(55)31(56)38(62-17)66-35-26(43-19(3)48)37(61-12-10-8-6-5-7-9-11-24(51)60-4)64-23(16-46)33(35)65-39-32(57)36(29(54)22(15-45)63-39)68-41(40(58)59)13-20(49)25(42-18(2)47)34(67-41)28(53)21(50)14-44/h17,20-23,25-39,44-46,49-50,52-57H,5-16H2,1-4H3,(H,42,47)(H,43,48)(H,58,59)/t17-,20+,21+,22-,23-,25+,26-,27+,28+,29-,30-,31-,32-,33+,34+,35+,36-,37+,38-,39-,41-/m0/s1. The van der Waals surface area contributed by atoms with Crippen molar-refractivity contribution in [3.63, 3.8) is 0 Å². The van der Waals surface area contributed by atoms with Gasteiger partial charge in [0.2, 0.25) is 11.8 Å². The Balaban J connectivity index is 1.66. The van der Waals surface area contributed by atoms with E-state index < -0.39 is 172 Å². The Bertz CT molecular complexity index is 1600. The van der Waals surface area contributed by atoms with E-state index in [1.165, 1.54) is 14.0 Å². The van der Waals surface area contributed by atoms with Crippen molar-refractivity contribution in [2.24, 2.45) is 0 Å². The van der Waals surface area contributed by atoms with Gasteiger partial charge in [-0.2, -0.15) is 0 Å². The van der Waals surface area contributed by atoms with Gasteiger partial charge >= 0.3 is 11.9 Å². The molecule has 4 aliphatic heterocycles. The maximum Gasteiger partial charge on any atom is 0.364 e. The molecule has 4 aliphatic rings. The lowest BCUT2D eigenvalue weighted by Gasteiger charge is -2.51. The molecule has 0 unspecified atom stereocenters. The van der Waals surface area contributed by atoms with Crippen molar-refractivity contribution in [2.45, 2.75) is 200 Å². The molecule has 27 heteroatoms. The number of methoxy groups -OCH3 is 1. The summed E-state index contributed by atoms with van der Waals surface area (Å²) in [6.07, 6.45) is -29.9. The minimum absolute atomic E-state index is 0.0356. The number of amides is 2. The van der Waals surface area contributed by atoms with Crippen LogP contribution in [0.15, 0.2) is 0 Å². The maximum absolute atomic E-state index is 13.0. The predicted molar refractivity (Wildman–Crippen MR) is 221 cm³/mol. The molecule has 4 fully saturated rings. The fourth-order valence-electron chi connectivity index (χ4n) is 8.50. The number of carbonyl (C=O) groups excluding carboxylic acids is 3. The van der Waals surface area contributed by atoms with E-state index >= 15 is 0 Å². The highest BCUT2D eigenvalue weighted by atomic mass is 16.8. The molecule has 0 aromatic rings. The van der Waals surface area contributed by atoms with Gasteiger partial charge in [0.15, 0.2) is 18.9 Å². The van der Waals surface area contributed by atoms with Crippen LogP contribution in [0.25, 0.3) is 0 Å². The van der Waals surface area contributed by atoms with Crippen LogP contribution in [0.5, 0.6) is 0 Å². The summed E-state index contributed by atoms with van der Waals surface area (Å²) in [4.78, 5) is 49.3. The van der Waals surface area contributed by atoms with Crippen LogP contribution in [0, 0.1) is 0 Å². The van der Waals surface area contributed by atoms with E-state index in [0.29, 0.717) is 25.7 Å². The number of carboxylic acid groups (broad SMARTS) is 1. The van der Waals surface area contributed by atoms with Gasteiger partial charge in [-0.25, -0.2) is 4.79 Å². The summed E-state index contributed by atoms with van der Waals surface area (Å²) in [6, 6.07) is -3.04. The first-order chi connectivity index (χ1) is 32.1. The van der Waals surface area contributed by atoms with Crippen molar-refractivity contribution >= 4 is 23.8 Å². The average Bonchev–Trinajstić information content (AvgIpc) is 3.30. The van der Waals surface area contributed by atoms with Gasteiger partial charge in [0.05, 0.1) is 45.2 Å². The summed E-state index contributed by atoms with van der Waals surface area (Å²) in [7, 11) is 1.32. The molecule has 0 aromatic carbocycles. The average molecular weight is 991 g/mol. The lowest BCUT2D eigenvalue weighted by atomic mass is 9.88. The van der Waals surface area contributed by atoms with Gasteiger partial charge in [-0.15, -0.1) is 0 Å². The first kappa shape index (κ1) is 57.7. The van der Waals surface area contributed by atoms with E-state index in [1.807, 2.05) is 0 Å². The molecule has 0 spiro atoms. The van der Waals surface area contributed by atoms with Crippen molar-refractivity contribution in [3.05, 3.63) is 0 Å². The van der Waals surface area contributed by atoms with Crippen LogP contribution < -0.4 is 10.6 Å². The van der Waals surface area contributed by atoms with Crippen molar-refractivity contribution in [1.82, 2.24) is 10.6 Å². The van der Waals surface area contributed by atoms with E-state index in [9.17, 15) is 80.5 Å². The summed E-state index contributed by atoms with van der Waals surface area (Å²) in [6.45, 7) is 0.519. The number of ether oxygens (including phenoxy) is 9. The summed E-state index contributed by atoms with van der Waals surface area (Å²) in [5, 5.41) is 134. The van der Waals surface area contributed by atoms with Gasteiger partial charge in [0.25, 0.3) is 5.79 Å². The molecule has 21 atom stereocenters. The molecular formula is C41H70N2O25. The van der Waals surface area contributed by atoms with E-state index in [1.54, 1.807) is 0 Å². The first-order valence-corrected chi connectivity index (χ1v) is 22.5. The Labute approximate surface area is 391 Å². The Morgan fingerprint density at radius 3 is 1.85 bits per heavy atom. The first-order valence-electron chi connectivity index (χ1n) is 22.5. The highest BCUT2D eigenvalue weighted by Crippen LogP contribution is 2.39. The fourth-order valence-corrected chi connectivity index (χ4v) is 8.50. The molecule has 4 saturated heterocycles. The zero-order valence-electron chi connectivity index (χ0n) is 38.2. The monoisotopic (exact) mass is 990 g/mol. The van der Waals surface area contributed by atoms with Crippen molar-refractivity contribution < 1.29 is 123 Å². The number of rotatable bonds is 24. The zero-order valence-corrected chi connectivity index (χ0v) is 38.2. The summed E-state index contributed by atoms with van der Waals surface area (Å²) >= 11 is 0. The molecule has 0 aromatic heterocycles. The number of hydrogen-bond donors (Lipinski definition) is 14. The largest absolute Gasteiger partial charge is 0.477 e. The minimum atomic E-state index is -3.13. The molecule has 0 saturated carbocycles. The van der Waals surface area contributed by atoms with Crippen molar-refractivity contribution in [3.8, 4) is 0 Å². The quantitative estimate of drug-likeness (QED) is 0.0316. The number of esters is 1. The molecule has 4 rings (SSSR count). The normalized spacial score (nSPS) is 39.6. The van der Waals surface area contributed by atoms with Gasteiger partial charge < -0.3 is 115 Å². The third-order valence-electron chi connectivity index (χ3n) is 12.2. The molecular weight excluding hydrogens is 920 g/mol. The molecule has 0 bridgehead atoms. The second kappa shape index (κ2) is 26.5. The van der Waals surface area contributed by atoms with Crippen molar-refractivity contribution in [2.75, 3.05) is 33.5 Å². The lowest BCUT2D eigenvalue weighted by molar-refractivity contribution is -0.391. The van der Waals surface area contributed by atoms with Crippen molar-refractivity contribution in [1.29, 1.82) is 0 Å². The molecule has 394 valence electrons. The van der Waals surface area contributed by atoms with Gasteiger partial charge in [-0.05, 0) is 19.8 Å². The van der Waals surface area contributed by atoms with Crippen LogP contribution >= 0.6 is 0 Å². The van der Waals surface area contributed by atoms with E-state index in [-0.39, 0.29) is 12.6 Å². The van der Waals surface area contributed by atoms with Gasteiger partial charge in [-0.3, -0.25) is 14.4 Å². The summed E-state index contributed by atoms with van der Waals surface area (Å²) in [5.74, 6) is -6.90. The predicted octanol–water partition coefficient (Wildman–Crippen LogP) is -6.30. The molecule has 0 aliphatic carbocycles. The van der Waals surface area contributed by atoms with Gasteiger partial charge in [0.1, 0.15) is 85.4 Å². The number of carbonyl (C=O) groups is 4. The highest BCUT2D eigenvalue weighted by Gasteiger charge is 2.61. The fraction of sp³-hybridized carbons (Fsp3) is 0.902. The summed E-state index contributed by atoms with van der Waals surface area (Å²) in [5.41, 5.74) is 0. The number of hydrogen-bond acceptors (Lipinski definition) is 24. The van der Waals surface area contributed by atoms with E-state index in [2.05, 4.69) is 15.4 Å². The lowest BCUT2D eigenvalue weighted by Crippen LogP contribution is -2.71. The van der Waals surface area contributed by atoms with Crippen LogP contribution in [-0.4, -0.2) is 247 Å². The Hall–Kier alpha value is -2.88. The highest BCUT2D eigenvalue weighted by molar-refractivity contribution is 5.77. The number of aliphatic carboxylic acids is 1. The van der Waals surface area contributed by atoms with Crippen LogP contribution in [0.1, 0.15) is 72.1 Å². The van der Waals surface area contributed by atoms with E-state index in [4.69, 9.17) is 37.9 Å². The SMILES string of the molecule is COC(=O)CCCCCCCCO[C@@H]1O[C@@H](CO)[C@@H](O[C@@H]2O[C@@H](CO)[C@H](O)[C@H](O[C@]3(C(=O)O)C[C@@H](O)[C@@H](NC(C)=O)[C@H]([C@H](O)[C@H](O)CO)O3)[C@@H]2O)[C@H](O[C@@H]2O[C@@H](C)[C@@H](O)[C@H](O)[C@@H]2O)[C@@H]1NC(C)=O. The Morgan fingerprint density at radius 1 is 0.691 bits per heavy atom. The maximum atomic E-state index is 13.0. The minimum Gasteiger partial charge on any atom is -0.477 e. The topological polar surface area (TPSA) is 418 Å². The Kier molecular flexibility index (Phi) is 22.5. The number of carboxylic acids is 1. The second-order valence-corrected chi connectivity index (χ2v) is 17.3. The number of unbranched alkanes of at least 4 members (excludes halogenated alkanes) is 5. The second-order valence-electron chi connectivity index (χ2n) is 17.3. The van der Waals surface area contributed by atoms with Gasteiger partial charge in [-0.1, -0.05) is 25.7 Å². The third-order valence-corrected chi connectivity index (χ3v) is 12.2. The van der Waals surface area contributed by atoms with E-state index in [0.717, 1.165) is 33.1 Å². The summed E-state index contributed by atoms with van der Waals surface area (Å²) < 4.78 is 52.1. The number of nitrogens with one attached hydrogen (secondary N) is 2. The Morgan fingerprint density at radius 2 is 1.26 bits per heavy atom. The molecule has 14 N–H and O–H groups in total. The van der Waals surface area contributed by atoms with Crippen LogP contribution in [0.4, 0.5) is 0 Å². The molecule has 4 heterocycles. The molecule has 27 nitrogen and oxygen atoms in total. The zero-order chi connectivity index (χ0) is 50.6. The van der Waals surface area contributed by atoms with Crippen LogP contribution in [-0.2, 0) is 61.8 Å². The molecule has 68 heavy (non-hydrogen) atoms. The smallest absolute Gasteiger partial charge is 0.364 e. The third kappa shape index (κ3) is 14.4. The molecule has 0 radical (unpaired) electrons. The molecule has 2 amide bonds. The van der Waals surface area contributed by atoms with Crippen LogP contribution in [0.2, 0.25) is 0 Å². The van der Waals surface area contributed by atoms with Gasteiger partial charge in [0, 0.05) is 33.3 Å².